The van der Waals surface area contributed by atoms with Gasteiger partial charge in [0, 0.05) is 0 Å². The summed E-state index contributed by atoms with van der Waals surface area (Å²) in [6, 6.07) is 0. The van der Waals surface area contributed by atoms with E-state index in [9.17, 15) is 4.55 Å². The Labute approximate surface area is 47.5 Å². The number of rotatable bonds is 0. The van der Waals surface area contributed by atoms with Crippen LogP contribution in [0.15, 0.2) is 0 Å². The molecular weight excluding hydrogens is 79.0 g/mol. The van der Waals surface area contributed by atoms with E-state index in [1.807, 2.05) is 0 Å². The van der Waals surface area contributed by atoms with Crippen LogP contribution in [-0.2, 0) is 11.2 Å². The van der Waals surface area contributed by atoms with Gasteiger partial charge in [-0.15, -0.1) is 0 Å². The average Bonchev–Trinajstić information content (AvgIpc) is 0.811. The normalized spacial score (nSPS) is 7.20. The Morgan fingerprint density at radius 3 is 1.40 bits per heavy atom. The van der Waals surface area contributed by atoms with Crippen molar-refractivity contribution < 1.29 is 4.55 Å². The van der Waals surface area contributed by atoms with Crippen molar-refractivity contribution in [3.8, 4) is 0 Å². The Balaban J connectivity index is 0. The van der Waals surface area contributed by atoms with Crippen molar-refractivity contribution in [3.05, 3.63) is 0 Å². The third-order valence-electron chi connectivity index (χ3n) is 0. The molecule has 0 aliphatic rings. The molecule has 5 heavy (non-hydrogen) atoms. The summed E-state index contributed by atoms with van der Waals surface area (Å²) in [7, 11) is 0. The topological polar surface area (TPSA) is 23.1 Å². The Bertz CT molecular complexity index is 14.4. The van der Waals surface area contributed by atoms with Gasteiger partial charge in [0.15, 0.2) is 0 Å². The van der Waals surface area contributed by atoms with Crippen molar-refractivity contribution in [1.82, 2.24) is 0 Å². The van der Waals surface area contributed by atoms with Crippen molar-refractivity contribution >= 4 is 30.0 Å². The molecule has 28 valence electrons. The zero-order chi connectivity index (χ0) is 3.58. The van der Waals surface area contributed by atoms with E-state index in [-0.39, 0.29) is 18.9 Å². The molecule has 1 nitrogen and oxygen atoms in total. The maximum atomic E-state index is 9.56. The second kappa shape index (κ2) is 4.91. The first-order valence-electron chi connectivity index (χ1n) is 0.983. The van der Waals surface area contributed by atoms with Crippen LogP contribution in [0.3, 0.4) is 0 Å². The van der Waals surface area contributed by atoms with Crippen molar-refractivity contribution in [1.29, 1.82) is 0 Å². The summed E-state index contributed by atoms with van der Waals surface area (Å²) in [5.41, 5.74) is 0. The van der Waals surface area contributed by atoms with Gasteiger partial charge in [-0.05, 0) is 0 Å². The van der Waals surface area contributed by atoms with Gasteiger partial charge in [-0.1, -0.05) is 11.2 Å². The minimum atomic E-state index is -0.611. The molecule has 0 N–H and O–H groups in total. The van der Waals surface area contributed by atoms with Crippen LogP contribution >= 0.6 is 0 Å². The van der Waals surface area contributed by atoms with Crippen LogP contribution in [0.1, 0.15) is 0 Å². The van der Waals surface area contributed by atoms with Crippen LogP contribution in [0.25, 0.3) is 0 Å². The Morgan fingerprint density at radius 2 is 1.40 bits per heavy atom. The van der Waals surface area contributed by atoms with Crippen LogP contribution in [0.4, 0.5) is 0 Å². The molecule has 0 bridgehead atoms. The van der Waals surface area contributed by atoms with Crippen LogP contribution in [0.2, 0.25) is 0 Å². The van der Waals surface area contributed by atoms with Crippen molar-refractivity contribution in [3.63, 3.8) is 0 Å². The van der Waals surface area contributed by atoms with Gasteiger partial charge in [0.05, 0.1) is 12.5 Å². The molecule has 0 radical (unpaired) electrons. The zero-order valence-corrected chi connectivity index (χ0v) is 3.63. The number of hydrogen-bond donors (Lipinski definition) is 0. The third-order valence-corrected chi connectivity index (χ3v) is 0. The van der Waals surface area contributed by atoms with E-state index in [1.165, 1.54) is 0 Å². The van der Waals surface area contributed by atoms with Gasteiger partial charge in [0.2, 0.25) is 0 Å². The molecule has 0 amide bonds. The summed E-state index contributed by atoms with van der Waals surface area (Å²) < 4.78 is 9.56. The van der Waals surface area contributed by atoms with E-state index >= 15 is 0 Å². The molecule has 0 saturated carbocycles. The molecule has 0 saturated heterocycles. The van der Waals surface area contributed by atoms with Gasteiger partial charge in [-0.3, -0.25) is 0 Å². The molecule has 0 fully saturated rings. The van der Waals surface area contributed by atoms with E-state index in [4.69, 9.17) is 0 Å². The van der Waals surface area contributed by atoms with Gasteiger partial charge in [0.1, 0.15) is 0 Å². The average molecular weight is 86.1 g/mol. The van der Waals surface area contributed by atoms with Crippen LogP contribution in [0, 0.1) is 0 Å². The Morgan fingerprint density at radius 1 is 1.40 bits per heavy atom. The van der Waals surface area contributed by atoms with Crippen molar-refractivity contribution in [2.45, 2.75) is 0 Å². The first-order valence-corrected chi connectivity index (χ1v) is 2.95. The fourth-order valence-electron chi connectivity index (χ4n) is 0. The van der Waals surface area contributed by atoms with Crippen LogP contribution in [-0.4, -0.2) is 35.9 Å². The Hall–Kier alpha value is 0.907. The summed E-state index contributed by atoms with van der Waals surface area (Å²) in [6.07, 6.45) is 3.28. The van der Waals surface area contributed by atoms with Gasteiger partial charge in [0.25, 0.3) is 0 Å². The first-order chi connectivity index (χ1) is 1.73. The first kappa shape index (κ1) is 9.32. The van der Waals surface area contributed by atoms with Crippen LogP contribution in [0.5, 0.6) is 0 Å². The molecule has 0 aliphatic carbocycles. The standard InChI is InChI=1S/C2H6OS.Li.H/c1-4(2)3;;/h1-2H3;;. The van der Waals surface area contributed by atoms with Crippen molar-refractivity contribution in [2.24, 2.45) is 0 Å². The van der Waals surface area contributed by atoms with Gasteiger partial charge < -0.3 is 4.55 Å². The molecule has 0 rings (SSSR count). The second-order valence-electron chi connectivity index (χ2n) is 0.742. The fourth-order valence-corrected chi connectivity index (χ4v) is 0. The molecule has 0 heterocycles. The molecule has 0 aromatic heterocycles. The Kier molecular flexibility index (Phi) is 9.15. The maximum absolute atomic E-state index is 9.56. The third kappa shape index (κ3) is 50.4. The molecule has 0 aromatic carbocycles. The summed E-state index contributed by atoms with van der Waals surface area (Å²) in [4.78, 5) is 0. The molecule has 0 aromatic rings. The van der Waals surface area contributed by atoms with E-state index in [2.05, 4.69) is 0 Å². The fraction of sp³-hybridized carbons (Fsp3) is 1.00. The molecule has 3 heteroatoms. The van der Waals surface area contributed by atoms with E-state index in [0.717, 1.165) is 0 Å². The summed E-state index contributed by atoms with van der Waals surface area (Å²) in [5.74, 6) is 0. The number of hydrogen-bond acceptors (Lipinski definition) is 1. The minimum absolute atomic E-state index is 0. The van der Waals surface area contributed by atoms with Gasteiger partial charge in [-0.2, -0.15) is 0 Å². The quantitative estimate of drug-likeness (QED) is 0.283. The molecule has 0 spiro atoms. The summed E-state index contributed by atoms with van der Waals surface area (Å²) in [5, 5.41) is 0. The molecule has 0 atom stereocenters. The molecule has 0 unspecified atom stereocenters. The molecule has 0 aliphatic heterocycles. The SMILES string of the molecule is C[S+](C)[O-].[LiH]. The van der Waals surface area contributed by atoms with E-state index in [0.29, 0.717) is 0 Å². The van der Waals surface area contributed by atoms with Crippen LogP contribution < -0.4 is 0 Å². The summed E-state index contributed by atoms with van der Waals surface area (Å²) in [6.45, 7) is 0. The monoisotopic (exact) mass is 86.0 g/mol. The predicted molar refractivity (Wildman–Crippen MR) is 27.1 cm³/mol. The predicted octanol–water partition coefficient (Wildman–Crippen LogP) is -0.654. The van der Waals surface area contributed by atoms with Crippen molar-refractivity contribution in [2.75, 3.05) is 12.5 Å². The second-order valence-corrected chi connectivity index (χ2v) is 2.22. The molecular formula is C2H7LiOS. The summed E-state index contributed by atoms with van der Waals surface area (Å²) >= 11 is -0.611. The van der Waals surface area contributed by atoms with E-state index < -0.39 is 11.2 Å². The zero-order valence-electron chi connectivity index (χ0n) is 2.82. The van der Waals surface area contributed by atoms with Gasteiger partial charge in [-0.25, -0.2) is 0 Å². The van der Waals surface area contributed by atoms with Gasteiger partial charge >= 0.3 is 18.9 Å². The van der Waals surface area contributed by atoms with E-state index in [1.54, 1.807) is 12.5 Å².